The van der Waals surface area contributed by atoms with Crippen LogP contribution < -0.4 is 10.6 Å². The number of halogens is 1. The molecule has 4 aliphatic carbocycles. The maximum absolute atomic E-state index is 13.6. The average Bonchev–Trinajstić information content (AvgIpc) is 2.67. The number of carbonyl (C=O) groups excluding carboxylic acids is 2. The van der Waals surface area contributed by atoms with Crippen molar-refractivity contribution in [2.75, 3.05) is 0 Å². The minimum absolute atomic E-state index is 0.168. The molecule has 150 valence electrons. The van der Waals surface area contributed by atoms with Gasteiger partial charge in [0.1, 0.15) is 5.82 Å². The normalized spacial score (nSPS) is 32.0. The van der Waals surface area contributed by atoms with Crippen molar-refractivity contribution < 1.29 is 14.0 Å². The van der Waals surface area contributed by atoms with Crippen molar-refractivity contribution in [2.24, 2.45) is 11.8 Å². The van der Waals surface area contributed by atoms with Crippen LogP contribution in [0.3, 0.4) is 0 Å². The summed E-state index contributed by atoms with van der Waals surface area (Å²) in [6, 6.07) is 7.45. The number of aromatic nitrogens is 2. The highest BCUT2D eigenvalue weighted by Crippen LogP contribution is 2.57. The van der Waals surface area contributed by atoms with Gasteiger partial charge >= 0.3 is 0 Å². The predicted molar refractivity (Wildman–Crippen MR) is 104 cm³/mol. The van der Waals surface area contributed by atoms with E-state index in [1.807, 2.05) is 0 Å². The van der Waals surface area contributed by atoms with Crippen LogP contribution in [0.4, 0.5) is 4.39 Å². The van der Waals surface area contributed by atoms with E-state index in [9.17, 15) is 14.0 Å². The van der Waals surface area contributed by atoms with Crippen molar-refractivity contribution in [1.29, 1.82) is 0 Å². The molecular formula is C22H23FN4O2. The van der Waals surface area contributed by atoms with Gasteiger partial charge in [-0.25, -0.2) is 14.4 Å². The van der Waals surface area contributed by atoms with Gasteiger partial charge in [-0.3, -0.25) is 9.59 Å². The molecule has 0 radical (unpaired) electrons. The molecule has 6 rings (SSSR count). The standard InChI is InChI=1S/C22H23FN4O2/c23-17-4-1-3-16(8-17)19(28)26-21-9-14-7-15(10-21)12-22(11-14,13-21)27-20(29)18-24-5-2-6-25-18/h1-6,8,14-15H,7,9-13H2,(H,26,28)(H,27,29). The van der Waals surface area contributed by atoms with Gasteiger partial charge in [-0.15, -0.1) is 0 Å². The molecule has 1 aromatic heterocycles. The topological polar surface area (TPSA) is 84.0 Å². The molecule has 4 bridgehead atoms. The maximum Gasteiger partial charge on any atom is 0.289 e. The number of carbonyl (C=O) groups is 2. The Morgan fingerprint density at radius 2 is 1.55 bits per heavy atom. The lowest BCUT2D eigenvalue weighted by Crippen LogP contribution is -2.70. The summed E-state index contributed by atoms with van der Waals surface area (Å²) in [5.41, 5.74) is -0.384. The van der Waals surface area contributed by atoms with Gasteiger partial charge in [0.05, 0.1) is 0 Å². The summed E-state index contributed by atoms with van der Waals surface area (Å²) in [6.45, 7) is 0. The molecular weight excluding hydrogens is 371 g/mol. The monoisotopic (exact) mass is 394 g/mol. The summed E-state index contributed by atoms with van der Waals surface area (Å²) in [5.74, 6) is 0.149. The third-order valence-corrected chi connectivity index (χ3v) is 6.67. The van der Waals surface area contributed by atoms with E-state index in [-0.39, 0.29) is 28.7 Å². The summed E-state index contributed by atoms with van der Waals surface area (Å²) < 4.78 is 13.6. The Morgan fingerprint density at radius 3 is 2.17 bits per heavy atom. The Morgan fingerprint density at radius 1 is 0.931 bits per heavy atom. The first-order valence-electron chi connectivity index (χ1n) is 10.1. The Balaban J connectivity index is 1.38. The van der Waals surface area contributed by atoms with Crippen molar-refractivity contribution in [3.8, 4) is 0 Å². The highest BCUT2D eigenvalue weighted by molar-refractivity contribution is 5.95. The van der Waals surface area contributed by atoms with Crippen LogP contribution in [0.2, 0.25) is 0 Å². The largest absolute Gasteiger partial charge is 0.346 e. The van der Waals surface area contributed by atoms with E-state index in [4.69, 9.17) is 0 Å². The predicted octanol–water partition coefficient (Wildman–Crippen LogP) is 2.87. The quantitative estimate of drug-likeness (QED) is 0.835. The molecule has 1 aromatic carbocycles. The van der Waals surface area contributed by atoms with Crippen LogP contribution in [0.15, 0.2) is 42.7 Å². The molecule has 6 nitrogen and oxygen atoms in total. The number of amides is 2. The molecule has 7 heteroatoms. The fraction of sp³-hybridized carbons (Fsp3) is 0.455. The third kappa shape index (κ3) is 3.39. The van der Waals surface area contributed by atoms with Crippen molar-refractivity contribution in [3.05, 3.63) is 59.9 Å². The van der Waals surface area contributed by atoms with Gasteiger partial charge in [0.2, 0.25) is 5.82 Å². The minimum Gasteiger partial charge on any atom is -0.346 e. The molecule has 29 heavy (non-hydrogen) atoms. The van der Waals surface area contributed by atoms with Crippen molar-refractivity contribution in [3.63, 3.8) is 0 Å². The molecule has 4 saturated carbocycles. The van der Waals surface area contributed by atoms with E-state index in [1.54, 1.807) is 30.6 Å². The van der Waals surface area contributed by atoms with Gasteiger partial charge in [-0.2, -0.15) is 0 Å². The number of nitrogens with zero attached hydrogens (tertiary/aromatic N) is 2. The zero-order chi connectivity index (χ0) is 20.1. The summed E-state index contributed by atoms with van der Waals surface area (Å²) >= 11 is 0. The fourth-order valence-electron chi connectivity index (χ4n) is 6.21. The Hall–Kier alpha value is -2.83. The minimum atomic E-state index is -0.422. The van der Waals surface area contributed by atoms with Crippen molar-refractivity contribution in [1.82, 2.24) is 20.6 Å². The highest BCUT2D eigenvalue weighted by Gasteiger charge is 2.58. The van der Waals surface area contributed by atoms with E-state index in [1.165, 1.54) is 12.1 Å². The molecule has 2 atom stereocenters. The van der Waals surface area contributed by atoms with Gasteiger partial charge in [0, 0.05) is 29.0 Å². The number of nitrogens with one attached hydrogen (secondary N) is 2. The Kier molecular flexibility index (Phi) is 4.15. The van der Waals surface area contributed by atoms with E-state index in [0.29, 0.717) is 23.8 Å². The van der Waals surface area contributed by atoms with Crippen LogP contribution in [-0.2, 0) is 0 Å². The summed E-state index contributed by atoms with van der Waals surface area (Å²) in [5, 5.41) is 6.43. The molecule has 4 fully saturated rings. The van der Waals surface area contributed by atoms with Gasteiger partial charge in [0.15, 0.2) is 0 Å². The summed E-state index contributed by atoms with van der Waals surface area (Å²) in [7, 11) is 0. The average molecular weight is 394 g/mol. The fourth-order valence-corrected chi connectivity index (χ4v) is 6.21. The SMILES string of the molecule is O=C(NC12CC3CC(C1)CC(NC(=O)c1ncccn1)(C3)C2)c1cccc(F)c1. The number of benzene rings is 1. The van der Waals surface area contributed by atoms with Crippen molar-refractivity contribution >= 4 is 11.8 Å². The van der Waals surface area contributed by atoms with Crippen molar-refractivity contribution in [2.45, 2.75) is 49.6 Å². The Labute approximate surface area is 168 Å². The first-order valence-corrected chi connectivity index (χ1v) is 10.1. The maximum atomic E-state index is 13.6. The first-order chi connectivity index (χ1) is 13.9. The molecule has 0 spiro atoms. The number of hydrogen-bond donors (Lipinski definition) is 2. The zero-order valence-electron chi connectivity index (χ0n) is 16.0. The van der Waals surface area contributed by atoms with Crippen LogP contribution in [0.5, 0.6) is 0 Å². The van der Waals surface area contributed by atoms with E-state index in [2.05, 4.69) is 20.6 Å². The summed E-state index contributed by atoms with van der Waals surface area (Å²) in [4.78, 5) is 33.7. The first kappa shape index (κ1) is 18.2. The lowest BCUT2D eigenvalue weighted by Gasteiger charge is -2.62. The van der Waals surface area contributed by atoms with Crippen LogP contribution in [0.25, 0.3) is 0 Å². The number of hydrogen-bond acceptors (Lipinski definition) is 4. The Bertz CT molecular complexity index is 950. The highest BCUT2D eigenvalue weighted by atomic mass is 19.1. The molecule has 0 saturated heterocycles. The summed E-state index contributed by atoms with van der Waals surface area (Å²) in [6.07, 6.45) is 8.58. The zero-order valence-corrected chi connectivity index (χ0v) is 16.0. The molecule has 2 aromatic rings. The van der Waals surface area contributed by atoms with E-state index in [0.717, 1.165) is 32.1 Å². The van der Waals surface area contributed by atoms with Gasteiger partial charge in [0.25, 0.3) is 11.8 Å². The molecule has 2 amide bonds. The van der Waals surface area contributed by atoms with Crippen LogP contribution in [-0.4, -0.2) is 32.9 Å². The molecule has 0 aliphatic heterocycles. The van der Waals surface area contributed by atoms with E-state index < -0.39 is 5.82 Å². The second-order valence-corrected chi connectivity index (χ2v) is 9.01. The van der Waals surface area contributed by atoms with Gasteiger partial charge in [-0.05, 0) is 74.6 Å². The van der Waals surface area contributed by atoms with Gasteiger partial charge < -0.3 is 10.6 Å². The molecule has 2 N–H and O–H groups in total. The van der Waals surface area contributed by atoms with Crippen LogP contribution >= 0.6 is 0 Å². The lowest BCUT2D eigenvalue weighted by atomic mass is 9.49. The van der Waals surface area contributed by atoms with Gasteiger partial charge in [-0.1, -0.05) is 6.07 Å². The number of rotatable bonds is 4. The van der Waals surface area contributed by atoms with Crippen LogP contribution in [0, 0.1) is 17.7 Å². The lowest BCUT2D eigenvalue weighted by molar-refractivity contribution is -0.0449. The third-order valence-electron chi connectivity index (χ3n) is 6.67. The smallest absolute Gasteiger partial charge is 0.289 e. The second kappa shape index (κ2) is 6.61. The van der Waals surface area contributed by atoms with E-state index >= 15 is 0 Å². The molecule has 2 unspecified atom stereocenters. The molecule has 4 aliphatic rings. The van der Waals surface area contributed by atoms with Crippen LogP contribution in [0.1, 0.15) is 59.5 Å². The molecule has 1 heterocycles. The second-order valence-electron chi connectivity index (χ2n) is 9.01.